The van der Waals surface area contributed by atoms with Crippen LogP contribution < -0.4 is 5.73 Å². The SMILES string of the molecule is NC(=S)C1(C(=O)N2CCCS(=O)(=O)CC2)CCCC1. The number of hydrogen-bond donors (Lipinski definition) is 1. The normalized spacial score (nSPS) is 25.8. The molecule has 0 unspecified atom stereocenters. The Kier molecular flexibility index (Phi) is 4.15. The number of carbonyl (C=O) groups is 1. The highest BCUT2D eigenvalue weighted by Crippen LogP contribution is 2.40. The summed E-state index contributed by atoms with van der Waals surface area (Å²) in [6, 6.07) is 0. The van der Waals surface area contributed by atoms with E-state index in [-0.39, 0.29) is 28.9 Å². The van der Waals surface area contributed by atoms with Gasteiger partial charge in [-0.3, -0.25) is 4.79 Å². The third-order valence-electron chi connectivity index (χ3n) is 4.18. The second kappa shape index (κ2) is 5.36. The van der Waals surface area contributed by atoms with Gasteiger partial charge in [0.05, 0.1) is 21.9 Å². The van der Waals surface area contributed by atoms with E-state index in [0.29, 0.717) is 25.8 Å². The van der Waals surface area contributed by atoms with Crippen LogP contribution in [-0.4, -0.2) is 48.8 Å². The van der Waals surface area contributed by atoms with Crippen molar-refractivity contribution in [2.45, 2.75) is 32.1 Å². The summed E-state index contributed by atoms with van der Waals surface area (Å²) >= 11 is 5.10. The molecule has 19 heavy (non-hydrogen) atoms. The largest absolute Gasteiger partial charge is 0.392 e. The van der Waals surface area contributed by atoms with Gasteiger partial charge in [0.25, 0.3) is 0 Å². The van der Waals surface area contributed by atoms with Gasteiger partial charge >= 0.3 is 0 Å². The van der Waals surface area contributed by atoms with Crippen LogP contribution in [0.2, 0.25) is 0 Å². The number of rotatable bonds is 2. The summed E-state index contributed by atoms with van der Waals surface area (Å²) in [6.45, 7) is 0.758. The Balaban J connectivity index is 2.16. The molecule has 1 saturated heterocycles. The summed E-state index contributed by atoms with van der Waals surface area (Å²) in [6.07, 6.45) is 3.81. The van der Waals surface area contributed by atoms with Gasteiger partial charge in [0.2, 0.25) is 5.91 Å². The van der Waals surface area contributed by atoms with E-state index in [0.717, 1.165) is 12.8 Å². The Morgan fingerprint density at radius 1 is 1.11 bits per heavy atom. The first-order chi connectivity index (χ1) is 8.87. The van der Waals surface area contributed by atoms with Crippen molar-refractivity contribution in [3.8, 4) is 0 Å². The molecule has 108 valence electrons. The van der Waals surface area contributed by atoms with Crippen LogP contribution in [-0.2, 0) is 14.6 Å². The average molecular weight is 304 g/mol. The standard InChI is InChI=1S/C12H20N2O3S2/c13-10(18)12(4-1-2-5-12)11(15)14-6-3-8-19(16,17)9-7-14/h1-9H2,(H2,13,18). The Morgan fingerprint density at radius 2 is 1.74 bits per heavy atom. The zero-order valence-corrected chi connectivity index (χ0v) is 12.6. The lowest BCUT2D eigenvalue weighted by Gasteiger charge is -2.32. The van der Waals surface area contributed by atoms with Crippen LogP contribution in [0.3, 0.4) is 0 Å². The van der Waals surface area contributed by atoms with Crippen LogP contribution in [0.25, 0.3) is 0 Å². The van der Waals surface area contributed by atoms with Crippen molar-refractivity contribution in [3.05, 3.63) is 0 Å². The van der Waals surface area contributed by atoms with Gasteiger partial charge in [0, 0.05) is 13.1 Å². The van der Waals surface area contributed by atoms with Gasteiger partial charge in [-0.1, -0.05) is 25.1 Å². The molecule has 0 radical (unpaired) electrons. The maximum atomic E-state index is 12.7. The molecule has 2 N–H and O–H groups in total. The maximum Gasteiger partial charge on any atom is 0.235 e. The minimum absolute atomic E-state index is 0.0478. The van der Waals surface area contributed by atoms with Crippen molar-refractivity contribution in [2.24, 2.45) is 11.1 Å². The lowest BCUT2D eigenvalue weighted by molar-refractivity contribution is -0.137. The van der Waals surface area contributed by atoms with Gasteiger partial charge in [-0.05, 0) is 19.3 Å². The second-order valence-electron chi connectivity index (χ2n) is 5.45. The van der Waals surface area contributed by atoms with Crippen molar-refractivity contribution < 1.29 is 13.2 Å². The van der Waals surface area contributed by atoms with Crippen molar-refractivity contribution >= 4 is 33.0 Å². The predicted octanol–water partition coefficient (Wildman–Crippen LogP) is 0.480. The molecule has 1 aliphatic carbocycles. The van der Waals surface area contributed by atoms with E-state index >= 15 is 0 Å². The molecule has 0 aromatic carbocycles. The molecule has 0 aromatic heterocycles. The minimum atomic E-state index is -3.01. The number of sulfone groups is 1. The lowest BCUT2D eigenvalue weighted by Crippen LogP contribution is -2.50. The highest BCUT2D eigenvalue weighted by atomic mass is 32.2. The zero-order chi connectivity index (χ0) is 14.1. The molecule has 1 aliphatic heterocycles. The molecule has 0 atom stereocenters. The minimum Gasteiger partial charge on any atom is -0.392 e. The molecule has 2 aliphatic rings. The molecule has 5 nitrogen and oxygen atoms in total. The molecule has 0 aromatic rings. The molecular formula is C12H20N2O3S2. The fraction of sp³-hybridized carbons (Fsp3) is 0.833. The fourth-order valence-electron chi connectivity index (χ4n) is 2.99. The average Bonchev–Trinajstić information content (AvgIpc) is 2.76. The molecule has 7 heteroatoms. The van der Waals surface area contributed by atoms with Gasteiger partial charge in [0.15, 0.2) is 9.84 Å². The topological polar surface area (TPSA) is 80.5 Å². The van der Waals surface area contributed by atoms with Crippen LogP contribution >= 0.6 is 12.2 Å². The van der Waals surface area contributed by atoms with Crippen LogP contribution in [0.5, 0.6) is 0 Å². The molecule has 0 bridgehead atoms. The Labute approximate surface area is 119 Å². The van der Waals surface area contributed by atoms with Gasteiger partial charge < -0.3 is 10.6 Å². The number of nitrogens with zero attached hydrogens (tertiary/aromatic N) is 1. The summed E-state index contributed by atoms with van der Waals surface area (Å²) in [4.78, 5) is 14.6. The van der Waals surface area contributed by atoms with Crippen molar-refractivity contribution in [3.63, 3.8) is 0 Å². The van der Waals surface area contributed by atoms with Crippen molar-refractivity contribution in [1.82, 2.24) is 4.90 Å². The van der Waals surface area contributed by atoms with E-state index in [1.165, 1.54) is 0 Å². The summed E-state index contributed by atoms with van der Waals surface area (Å²) in [5.41, 5.74) is 5.08. The van der Waals surface area contributed by atoms with Gasteiger partial charge in [-0.25, -0.2) is 8.42 Å². The molecule has 1 amide bonds. The smallest absolute Gasteiger partial charge is 0.235 e. The Hall–Kier alpha value is -0.690. The summed E-state index contributed by atoms with van der Waals surface area (Å²) < 4.78 is 23.2. The second-order valence-corrected chi connectivity index (χ2v) is 8.19. The van der Waals surface area contributed by atoms with Crippen LogP contribution in [0, 0.1) is 5.41 Å². The Morgan fingerprint density at radius 3 is 2.32 bits per heavy atom. The summed E-state index contributed by atoms with van der Waals surface area (Å²) in [7, 11) is -3.01. The quantitative estimate of drug-likeness (QED) is 0.751. The van der Waals surface area contributed by atoms with Crippen LogP contribution in [0.1, 0.15) is 32.1 Å². The molecule has 2 fully saturated rings. The first-order valence-electron chi connectivity index (χ1n) is 6.67. The first kappa shape index (κ1) is 14.7. The summed E-state index contributed by atoms with van der Waals surface area (Å²) in [5, 5.41) is 0. The number of hydrogen-bond acceptors (Lipinski definition) is 4. The van der Waals surface area contributed by atoms with Crippen molar-refractivity contribution in [1.29, 1.82) is 0 Å². The maximum absolute atomic E-state index is 12.7. The molecule has 2 rings (SSSR count). The molecular weight excluding hydrogens is 284 g/mol. The van der Waals surface area contributed by atoms with E-state index in [2.05, 4.69) is 0 Å². The number of nitrogens with two attached hydrogens (primary N) is 1. The van der Waals surface area contributed by atoms with Gasteiger partial charge in [-0.2, -0.15) is 0 Å². The number of thiocarbonyl (C=S) groups is 1. The molecule has 1 saturated carbocycles. The zero-order valence-electron chi connectivity index (χ0n) is 10.9. The van der Waals surface area contributed by atoms with E-state index < -0.39 is 15.3 Å². The number of carbonyl (C=O) groups excluding carboxylic acids is 1. The fourth-order valence-corrected chi connectivity index (χ4v) is 4.55. The molecule has 0 spiro atoms. The third kappa shape index (κ3) is 2.91. The van der Waals surface area contributed by atoms with Crippen LogP contribution in [0.15, 0.2) is 0 Å². The Bertz CT molecular complexity index is 481. The van der Waals surface area contributed by atoms with E-state index in [4.69, 9.17) is 18.0 Å². The third-order valence-corrected chi connectivity index (χ3v) is 6.29. The predicted molar refractivity (Wildman–Crippen MR) is 77.5 cm³/mol. The van der Waals surface area contributed by atoms with E-state index in [1.54, 1.807) is 4.90 Å². The van der Waals surface area contributed by atoms with Gasteiger partial charge in [0.1, 0.15) is 0 Å². The van der Waals surface area contributed by atoms with Crippen molar-refractivity contribution in [2.75, 3.05) is 24.6 Å². The summed E-state index contributed by atoms with van der Waals surface area (Å²) in [5.74, 6) is 0.151. The molecule has 1 heterocycles. The van der Waals surface area contributed by atoms with Crippen LogP contribution in [0.4, 0.5) is 0 Å². The van der Waals surface area contributed by atoms with Gasteiger partial charge in [-0.15, -0.1) is 0 Å². The highest BCUT2D eigenvalue weighted by Gasteiger charge is 2.46. The highest BCUT2D eigenvalue weighted by molar-refractivity contribution is 7.91. The monoisotopic (exact) mass is 304 g/mol. The first-order valence-corrected chi connectivity index (χ1v) is 8.90. The lowest BCUT2D eigenvalue weighted by atomic mass is 9.84. The van der Waals surface area contributed by atoms with E-state index in [9.17, 15) is 13.2 Å². The van der Waals surface area contributed by atoms with E-state index in [1.807, 2.05) is 0 Å². The number of amides is 1.